The van der Waals surface area contributed by atoms with Gasteiger partial charge in [-0.1, -0.05) is 121 Å². The van der Waals surface area contributed by atoms with E-state index in [0.29, 0.717) is 5.92 Å². The van der Waals surface area contributed by atoms with Crippen LogP contribution in [0.5, 0.6) is 0 Å². The third-order valence-corrected chi connectivity index (χ3v) is 6.68. The van der Waals surface area contributed by atoms with E-state index in [2.05, 4.69) is 66.1 Å². The van der Waals surface area contributed by atoms with E-state index in [9.17, 15) is 0 Å². The third-order valence-electron chi connectivity index (χ3n) is 6.68. The lowest BCUT2D eigenvalue weighted by atomic mass is 9.95. The Morgan fingerprint density at radius 2 is 1.35 bits per heavy atom. The highest BCUT2D eigenvalue weighted by atomic mass is 15.1. The second kappa shape index (κ2) is 17.0. The lowest BCUT2D eigenvalue weighted by Crippen LogP contribution is -2.37. The molecule has 1 heterocycles. The number of aromatic amines is 1. The summed E-state index contributed by atoms with van der Waals surface area (Å²) in [5, 5.41) is 0. The van der Waals surface area contributed by atoms with Gasteiger partial charge in [-0.05, 0) is 31.2 Å². The van der Waals surface area contributed by atoms with E-state index in [1.807, 2.05) is 0 Å². The smallest absolute Gasteiger partial charge is 0.247 e. The molecule has 0 bridgehead atoms. The van der Waals surface area contributed by atoms with Crippen molar-refractivity contribution in [3.8, 4) is 0 Å². The summed E-state index contributed by atoms with van der Waals surface area (Å²) >= 11 is 0. The molecule has 0 amide bonds. The molecule has 1 aromatic heterocycles. The number of imidazole rings is 1. The van der Waals surface area contributed by atoms with Gasteiger partial charge >= 0.3 is 0 Å². The number of aromatic nitrogens is 2. The summed E-state index contributed by atoms with van der Waals surface area (Å²) in [5.74, 6) is 2.15. The molecule has 0 aliphatic heterocycles. The molecule has 0 aliphatic carbocycles. The zero-order valence-corrected chi connectivity index (χ0v) is 20.6. The molecule has 0 radical (unpaired) electrons. The Hall–Kier alpha value is -1.57. The highest BCUT2D eigenvalue weighted by Crippen LogP contribution is 2.24. The Labute approximate surface area is 192 Å². The normalized spacial score (nSPS) is 12.3. The Kier molecular flexibility index (Phi) is 14.1. The van der Waals surface area contributed by atoms with Gasteiger partial charge < -0.3 is 0 Å². The monoisotopic (exact) mass is 425 g/mol. The van der Waals surface area contributed by atoms with Gasteiger partial charge in [-0.25, -0.2) is 9.55 Å². The highest BCUT2D eigenvalue weighted by Gasteiger charge is 2.21. The molecule has 0 spiro atoms. The fourth-order valence-electron chi connectivity index (χ4n) is 4.84. The molecule has 1 atom stereocenters. The minimum Gasteiger partial charge on any atom is -0.247 e. The Morgan fingerprint density at radius 3 is 2.00 bits per heavy atom. The zero-order valence-electron chi connectivity index (χ0n) is 20.6. The molecular weight excluding hydrogens is 376 g/mol. The molecule has 0 saturated heterocycles. The minimum absolute atomic E-state index is 0.690. The third kappa shape index (κ3) is 11.0. The summed E-state index contributed by atoms with van der Waals surface area (Å²) < 4.78 is 2.49. The Balaban J connectivity index is 1.63. The molecule has 0 saturated carbocycles. The van der Waals surface area contributed by atoms with Gasteiger partial charge in [0.1, 0.15) is 12.4 Å². The van der Waals surface area contributed by atoms with E-state index in [0.717, 1.165) is 13.0 Å². The molecule has 31 heavy (non-hydrogen) atoms. The van der Waals surface area contributed by atoms with Crippen molar-refractivity contribution in [2.75, 3.05) is 0 Å². The summed E-state index contributed by atoms with van der Waals surface area (Å²) in [6.07, 6.45) is 26.4. The number of hydrogen-bond acceptors (Lipinski definition) is 0. The Morgan fingerprint density at radius 1 is 0.710 bits per heavy atom. The lowest BCUT2D eigenvalue weighted by Gasteiger charge is -2.13. The number of nitrogens with zero attached hydrogens (tertiary/aromatic N) is 1. The molecule has 1 N–H and O–H groups in total. The maximum absolute atomic E-state index is 3.59. The second-order valence-electron chi connectivity index (χ2n) is 9.44. The van der Waals surface area contributed by atoms with Crippen molar-refractivity contribution < 1.29 is 4.57 Å². The molecule has 2 nitrogen and oxygen atoms in total. The van der Waals surface area contributed by atoms with Crippen LogP contribution in [0.1, 0.15) is 127 Å². The first-order valence-electron chi connectivity index (χ1n) is 13.5. The molecule has 2 rings (SSSR count). The maximum Gasteiger partial charge on any atom is 0.257 e. The van der Waals surface area contributed by atoms with E-state index < -0.39 is 0 Å². The molecule has 0 unspecified atom stereocenters. The van der Waals surface area contributed by atoms with Gasteiger partial charge in [-0.15, -0.1) is 0 Å². The van der Waals surface area contributed by atoms with Gasteiger partial charge in [-0.3, -0.25) is 0 Å². The predicted octanol–water partition coefficient (Wildman–Crippen LogP) is 8.52. The minimum atomic E-state index is 0.690. The largest absolute Gasteiger partial charge is 0.257 e. The van der Waals surface area contributed by atoms with Crippen molar-refractivity contribution in [1.82, 2.24) is 4.98 Å². The molecule has 0 aliphatic rings. The van der Waals surface area contributed by atoms with Gasteiger partial charge in [0.05, 0.1) is 12.5 Å². The summed E-state index contributed by atoms with van der Waals surface area (Å²) in [5.41, 5.74) is 1.45. The first-order chi connectivity index (χ1) is 15.3. The van der Waals surface area contributed by atoms with Gasteiger partial charge in [0, 0.05) is 0 Å². The van der Waals surface area contributed by atoms with Crippen LogP contribution in [0.4, 0.5) is 0 Å². The fraction of sp³-hybridized carbons (Fsp3) is 0.690. The Bertz CT molecular complexity index is 646. The topological polar surface area (TPSA) is 19.7 Å². The van der Waals surface area contributed by atoms with Crippen LogP contribution < -0.4 is 4.57 Å². The van der Waals surface area contributed by atoms with Gasteiger partial charge in [0.25, 0.3) is 5.82 Å². The van der Waals surface area contributed by atoms with Crippen molar-refractivity contribution in [2.24, 2.45) is 0 Å². The standard InChI is InChI=1S/C29H48N2/c1-3-5-6-7-8-9-10-11-12-13-17-23-28(19-4-2)29-30-24-26-31(29)25-18-22-27-20-15-14-16-21-27/h14-16,20-21,24,26,28H,3-13,17-19,22-23,25H2,1-2H3/p+1/t28-/m0/s1. The lowest BCUT2D eigenvalue weighted by molar-refractivity contribution is -0.704. The average Bonchev–Trinajstić information content (AvgIpc) is 3.26. The van der Waals surface area contributed by atoms with Crippen molar-refractivity contribution in [3.05, 3.63) is 54.1 Å². The van der Waals surface area contributed by atoms with Crippen molar-refractivity contribution in [3.63, 3.8) is 0 Å². The van der Waals surface area contributed by atoms with Gasteiger partial charge in [0.2, 0.25) is 0 Å². The van der Waals surface area contributed by atoms with Crippen molar-refractivity contribution in [2.45, 2.75) is 129 Å². The number of rotatable bonds is 19. The molecule has 2 heteroatoms. The highest BCUT2D eigenvalue weighted by molar-refractivity contribution is 5.14. The van der Waals surface area contributed by atoms with Crippen molar-refractivity contribution in [1.29, 1.82) is 0 Å². The molecule has 0 fully saturated rings. The fourth-order valence-corrected chi connectivity index (χ4v) is 4.84. The number of aryl methyl sites for hydroxylation is 2. The predicted molar refractivity (Wildman–Crippen MR) is 134 cm³/mol. The summed E-state index contributed by atoms with van der Waals surface area (Å²) in [7, 11) is 0. The maximum atomic E-state index is 3.59. The zero-order chi connectivity index (χ0) is 22.0. The number of hydrogen-bond donors (Lipinski definition) is 1. The van der Waals surface area contributed by atoms with Crippen LogP contribution in [-0.4, -0.2) is 4.98 Å². The average molecular weight is 426 g/mol. The summed E-state index contributed by atoms with van der Waals surface area (Å²) in [6, 6.07) is 10.9. The first kappa shape index (κ1) is 25.7. The van der Waals surface area contributed by atoms with E-state index in [1.54, 1.807) is 0 Å². The van der Waals surface area contributed by atoms with Crippen LogP contribution in [0.15, 0.2) is 42.7 Å². The van der Waals surface area contributed by atoms with Crippen LogP contribution >= 0.6 is 0 Å². The van der Waals surface area contributed by atoms with E-state index in [1.165, 1.54) is 108 Å². The van der Waals surface area contributed by atoms with Crippen LogP contribution in [0.2, 0.25) is 0 Å². The summed E-state index contributed by atoms with van der Waals surface area (Å²) in [4.78, 5) is 3.59. The molecule has 174 valence electrons. The SMILES string of the molecule is CCCCCCCCCCCCC[C@H](CCC)c1[nH]cc[n+]1CCCc1ccccc1. The number of H-pyrrole nitrogens is 1. The number of nitrogens with one attached hydrogen (secondary N) is 1. The van der Waals surface area contributed by atoms with E-state index >= 15 is 0 Å². The van der Waals surface area contributed by atoms with Crippen LogP contribution in [0.3, 0.4) is 0 Å². The van der Waals surface area contributed by atoms with Gasteiger partial charge in [-0.2, -0.15) is 0 Å². The van der Waals surface area contributed by atoms with Crippen LogP contribution in [0.25, 0.3) is 0 Å². The van der Waals surface area contributed by atoms with Gasteiger partial charge in [0.15, 0.2) is 0 Å². The van der Waals surface area contributed by atoms with E-state index in [-0.39, 0.29) is 0 Å². The first-order valence-corrected chi connectivity index (χ1v) is 13.5. The van der Waals surface area contributed by atoms with Crippen LogP contribution in [0, 0.1) is 0 Å². The van der Waals surface area contributed by atoms with Crippen LogP contribution in [-0.2, 0) is 13.0 Å². The molecule has 1 aromatic carbocycles. The van der Waals surface area contributed by atoms with Crippen molar-refractivity contribution >= 4 is 0 Å². The quantitative estimate of drug-likeness (QED) is 0.172. The molecule has 2 aromatic rings. The molecular formula is C29H49N2+. The number of benzene rings is 1. The summed E-state index contributed by atoms with van der Waals surface area (Å²) in [6.45, 7) is 5.74. The second-order valence-corrected chi connectivity index (χ2v) is 9.44. The number of unbranched alkanes of at least 4 members (excludes halogenated alkanes) is 10. The van der Waals surface area contributed by atoms with E-state index in [4.69, 9.17) is 0 Å².